The second kappa shape index (κ2) is 4.69. The molecule has 0 amide bonds. The first-order chi connectivity index (χ1) is 8.81. The Morgan fingerprint density at radius 2 is 1.74 bits per heavy atom. The van der Waals surface area contributed by atoms with Crippen molar-refractivity contribution in [3.05, 3.63) is 65.2 Å². The molecule has 1 aliphatic rings. The fourth-order valence-electron chi connectivity index (χ4n) is 1.87. The summed E-state index contributed by atoms with van der Waals surface area (Å²) >= 11 is 0. The summed E-state index contributed by atoms with van der Waals surface area (Å²) in [5.74, 6) is -0.229. The van der Waals surface area contributed by atoms with Crippen LogP contribution in [0.3, 0.4) is 0 Å². The molecule has 0 N–H and O–H groups in total. The van der Waals surface area contributed by atoms with Gasteiger partial charge in [-0.1, -0.05) is 18.7 Å². The predicted octanol–water partition coefficient (Wildman–Crippen LogP) is 4.70. The number of hydrogen-bond acceptors (Lipinski definition) is 1. The molecule has 0 aliphatic carbocycles. The van der Waals surface area contributed by atoms with Crippen LogP contribution < -0.4 is 0 Å². The molecular weight excluding hydrogens is 239 g/mol. The zero-order chi connectivity index (χ0) is 14.2. The molecular formula is C17H19FO. The van der Waals surface area contributed by atoms with E-state index in [2.05, 4.69) is 6.58 Å². The molecule has 0 fully saturated rings. The molecule has 0 radical (unpaired) electrons. The SMILES string of the molecule is C=C1C=CC(c2cc(C)c(C)cc2F)=COC1(C)C. The molecule has 1 nitrogen and oxygen atoms in total. The lowest BCUT2D eigenvalue weighted by atomic mass is 9.98. The molecule has 0 saturated carbocycles. The van der Waals surface area contributed by atoms with Crippen LogP contribution in [0.1, 0.15) is 30.5 Å². The van der Waals surface area contributed by atoms with Crippen LogP contribution in [0.15, 0.2) is 42.7 Å². The van der Waals surface area contributed by atoms with Gasteiger partial charge in [0.1, 0.15) is 11.4 Å². The fourth-order valence-corrected chi connectivity index (χ4v) is 1.87. The highest BCUT2D eigenvalue weighted by Gasteiger charge is 2.23. The number of aryl methyl sites for hydroxylation is 2. The van der Waals surface area contributed by atoms with Crippen LogP contribution >= 0.6 is 0 Å². The van der Waals surface area contributed by atoms with E-state index in [1.807, 2.05) is 45.9 Å². The van der Waals surface area contributed by atoms with Gasteiger partial charge in [0.15, 0.2) is 0 Å². The van der Waals surface area contributed by atoms with E-state index in [4.69, 9.17) is 4.74 Å². The van der Waals surface area contributed by atoms with Gasteiger partial charge in [-0.3, -0.25) is 0 Å². The average molecular weight is 258 g/mol. The maximum Gasteiger partial charge on any atom is 0.131 e. The number of hydrogen-bond donors (Lipinski definition) is 0. The van der Waals surface area contributed by atoms with Crippen molar-refractivity contribution in [2.75, 3.05) is 0 Å². The van der Waals surface area contributed by atoms with Crippen LogP contribution in [0, 0.1) is 19.7 Å². The molecule has 2 heteroatoms. The molecule has 100 valence electrons. The van der Waals surface area contributed by atoms with Gasteiger partial charge in [0, 0.05) is 11.1 Å². The van der Waals surface area contributed by atoms with Crippen molar-refractivity contribution in [2.24, 2.45) is 0 Å². The Kier molecular flexibility index (Phi) is 3.36. The standard InChI is InChI=1S/C17H19FO/c1-11-8-15(16(18)9-12(11)2)14-7-6-13(3)17(4,5)19-10-14/h6-10H,3H2,1-2,4-5H3. The first kappa shape index (κ1) is 13.6. The first-order valence-electron chi connectivity index (χ1n) is 6.34. The summed E-state index contributed by atoms with van der Waals surface area (Å²) in [6, 6.07) is 3.41. The van der Waals surface area contributed by atoms with Crippen LogP contribution in [-0.2, 0) is 4.74 Å². The highest BCUT2D eigenvalue weighted by atomic mass is 19.1. The van der Waals surface area contributed by atoms with E-state index < -0.39 is 5.60 Å². The lowest BCUT2D eigenvalue weighted by Gasteiger charge is -2.23. The van der Waals surface area contributed by atoms with Crippen LogP contribution in [0.4, 0.5) is 4.39 Å². The summed E-state index contributed by atoms with van der Waals surface area (Å²) in [6.45, 7) is 11.7. The van der Waals surface area contributed by atoms with Crippen molar-refractivity contribution in [3.63, 3.8) is 0 Å². The smallest absolute Gasteiger partial charge is 0.131 e. The van der Waals surface area contributed by atoms with E-state index in [0.717, 1.165) is 22.3 Å². The maximum absolute atomic E-state index is 14.1. The summed E-state index contributed by atoms with van der Waals surface area (Å²) < 4.78 is 19.8. The topological polar surface area (TPSA) is 9.23 Å². The summed E-state index contributed by atoms with van der Waals surface area (Å²) in [7, 11) is 0. The van der Waals surface area contributed by atoms with Crippen LogP contribution in [-0.4, -0.2) is 5.60 Å². The third kappa shape index (κ3) is 2.62. The van der Waals surface area contributed by atoms with Gasteiger partial charge in [0.05, 0.1) is 6.26 Å². The minimum atomic E-state index is -0.464. The Morgan fingerprint density at radius 3 is 2.42 bits per heavy atom. The summed E-state index contributed by atoms with van der Waals surface area (Å²) in [5, 5.41) is 0. The van der Waals surface area contributed by atoms with Gasteiger partial charge >= 0.3 is 0 Å². The van der Waals surface area contributed by atoms with Crippen molar-refractivity contribution in [2.45, 2.75) is 33.3 Å². The molecule has 2 rings (SSSR count). The molecule has 1 heterocycles. The van der Waals surface area contributed by atoms with E-state index in [1.165, 1.54) is 0 Å². The molecule has 0 unspecified atom stereocenters. The maximum atomic E-state index is 14.1. The Morgan fingerprint density at radius 1 is 1.11 bits per heavy atom. The fraction of sp³-hybridized carbons (Fsp3) is 0.294. The second-order valence-electron chi connectivity index (χ2n) is 5.48. The van der Waals surface area contributed by atoms with Crippen molar-refractivity contribution >= 4 is 5.57 Å². The van der Waals surface area contributed by atoms with E-state index >= 15 is 0 Å². The van der Waals surface area contributed by atoms with Crippen molar-refractivity contribution < 1.29 is 9.13 Å². The van der Waals surface area contributed by atoms with Crippen LogP contribution in [0.2, 0.25) is 0 Å². The molecule has 0 atom stereocenters. The second-order valence-corrected chi connectivity index (χ2v) is 5.48. The monoisotopic (exact) mass is 258 g/mol. The first-order valence-corrected chi connectivity index (χ1v) is 6.34. The van der Waals surface area contributed by atoms with Crippen molar-refractivity contribution in [1.82, 2.24) is 0 Å². The van der Waals surface area contributed by atoms with Crippen LogP contribution in [0.5, 0.6) is 0 Å². The minimum absolute atomic E-state index is 0.229. The Bertz CT molecular complexity index is 592. The number of halogens is 1. The third-order valence-corrected chi connectivity index (χ3v) is 3.61. The van der Waals surface area contributed by atoms with E-state index in [9.17, 15) is 4.39 Å². The molecule has 1 aromatic rings. The normalized spacial score (nSPS) is 17.7. The van der Waals surface area contributed by atoms with Gasteiger partial charge in [-0.25, -0.2) is 4.39 Å². The Hall–Kier alpha value is -1.83. The van der Waals surface area contributed by atoms with E-state index in [0.29, 0.717) is 5.56 Å². The third-order valence-electron chi connectivity index (χ3n) is 3.61. The zero-order valence-corrected chi connectivity index (χ0v) is 11.9. The summed E-state index contributed by atoms with van der Waals surface area (Å²) in [4.78, 5) is 0. The highest BCUT2D eigenvalue weighted by molar-refractivity contribution is 5.75. The summed E-state index contributed by atoms with van der Waals surface area (Å²) in [5.41, 5.74) is 3.70. The molecule has 0 aromatic heterocycles. The lowest BCUT2D eigenvalue weighted by molar-refractivity contribution is 0.0992. The summed E-state index contributed by atoms with van der Waals surface area (Å²) in [6.07, 6.45) is 5.35. The van der Waals surface area contributed by atoms with E-state index in [-0.39, 0.29) is 5.82 Å². The van der Waals surface area contributed by atoms with E-state index in [1.54, 1.807) is 12.3 Å². The number of allylic oxidation sites excluding steroid dienone is 2. The van der Waals surface area contributed by atoms with Crippen molar-refractivity contribution in [3.8, 4) is 0 Å². The Balaban J connectivity index is 2.48. The van der Waals surface area contributed by atoms with Gasteiger partial charge in [-0.05, 0) is 56.5 Å². The van der Waals surface area contributed by atoms with Crippen molar-refractivity contribution in [1.29, 1.82) is 0 Å². The number of ether oxygens (including phenoxy) is 1. The van der Waals surface area contributed by atoms with Crippen LogP contribution in [0.25, 0.3) is 5.57 Å². The number of benzene rings is 1. The minimum Gasteiger partial charge on any atom is -0.490 e. The Labute approximate surface area is 114 Å². The molecule has 0 saturated heterocycles. The zero-order valence-electron chi connectivity index (χ0n) is 11.9. The lowest BCUT2D eigenvalue weighted by Crippen LogP contribution is -2.22. The molecule has 19 heavy (non-hydrogen) atoms. The molecule has 1 aliphatic heterocycles. The highest BCUT2D eigenvalue weighted by Crippen LogP contribution is 2.30. The largest absolute Gasteiger partial charge is 0.490 e. The average Bonchev–Trinajstić information content (AvgIpc) is 2.45. The quantitative estimate of drug-likeness (QED) is 0.709. The van der Waals surface area contributed by atoms with Gasteiger partial charge in [0.25, 0.3) is 0 Å². The predicted molar refractivity (Wildman–Crippen MR) is 77.3 cm³/mol. The van der Waals surface area contributed by atoms with Gasteiger partial charge in [-0.2, -0.15) is 0 Å². The van der Waals surface area contributed by atoms with Gasteiger partial charge < -0.3 is 4.74 Å². The molecule has 0 spiro atoms. The molecule has 1 aromatic carbocycles. The van der Waals surface area contributed by atoms with Gasteiger partial charge in [-0.15, -0.1) is 0 Å². The van der Waals surface area contributed by atoms with Gasteiger partial charge in [0.2, 0.25) is 0 Å². The number of rotatable bonds is 1. The molecule has 0 bridgehead atoms.